The van der Waals surface area contributed by atoms with E-state index in [0.717, 1.165) is 0 Å². The van der Waals surface area contributed by atoms with Crippen molar-refractivity contribution in [2.45, 2.75) is 109 Å². The average Bonchev–Trinajstić information content (AvgIpc) is 2.57. The molecular formula is C26H45F5NiOP2. The normalized spacial score (nSPS) is 15.1. The molecule has 1 atom stereocenters. The molecular weight excluding hydrogens is 544 g/mol. The Bertz CT molecular complexity index is 774. The molecule has 1 rings (SSSR count). The third kappa shape index (κ3) is 8.59. The molecule has 1 nitrogen and oxygen atoms in total. The van der Waals surface area contributed by atoms with E-state index in [-0.39, 0.29) is 56.9 Å². The maximum atomic E-state index is 15.1. The second kappa shape index (κ2) is 11.9. The number of hydrogen-bond donors (Lipinski definition) is 1. The zero-order chi connectivity index (χ0) is 26.5. The summed E-state index contributed by atoms with van der Waals surface area (Å²) in [6, 6.07) is 0. The van der Waals surface area contributed by atoms with E-state index in [4.69, 9.17) is 0 Å². The minimum atomic E-state index is -2.21. The average molecular weight is 589 g/mol. The summed E-state index contributed by atoms with van der Waals surface area (Å²) in [6.45, 7) is 23.9. The molecule has 0 fully saturated rings. The van der Waals surface area contributed by atoms with E-state index in [0.29, 0.717) is 0 Å². The second-order valence-electron chi connectivity index (χ2n) is 13.1. The van der Waals surface area contributed by atoms with Gasteiger partial charge in [0, 0.05) is 30.6 Å². The zero-order valence-corrected chi connectivity index (χ0v) is 26.4. The summed E-state index contributed by atoms with van der Waals surface area (Å²) in [6.07, 6.45) is -0.0952. The van der Waals surface area contributed by atoms with Crippen LogP contribution < -0.4 is 0 Å². The predicted molar refractivity (Wildman–Crippen MR) is 141 cm³/mol. The molecule has 0 aromatic heterocycles. The van der Waals surface area contributed by atoms with Gasteiger partial charge in [-0.1, -0.05) is 49.5 Å². The van der Waals surface area contributed by atoms with E-state index in [1.807, 2.05) is 83.1 Å². The van der Waals surface area contributed by atoms with Crippen molar-refractivity contribution in [1.29, 1.82) is 0 Å². The fraction of sp³-hybridized carbons (Fsp3) is 0.731. The molecule has 0 aliphatic heterocycles. The molecule has 0 aliphatic carbocycles. The van der Waals surface area contributed by atoms with Gasteiger partial charge in [-0.25, -0.2) is 22.0 Å². The first-order valence-corrected chi connectivity index (χ1v) is 14.5. The van der Waals surface area contributed by atoms with Gasteiger partial charge in [0.2, 0.25) is 5.82 Å². The van der Waals surface area contributed by atoms with Crippen molar-refractivity contribution in [2.24, 2.45) is 0 Å². The largest absolute Gasteiger partial charge is 0.381 e. The van der Waals surface area contributed by atoms with Crippen molar-refractivity contribution < 1.29 is 43.6 Å². The SMILES string of the molecule is CC(C)(C)P(C[C@](O)(C[PH+](C(C)(C)C)C(C)(C)C)c1c(F)c(F)c(F)c(F)c1F)C(C)(C)C.[CH3-].[Ni]. The molecule has 1 N–H and O–H groups in total. The minimum Gasteiger partial charge on any atom is -0.381 e. The number of benzene rings is 1. The summed E-state index contributed by atoms with van der Waals surface area (Å²) in [4.78, 5) is 0. The van der Waals surface area contributed by atoms with Crippen LogP contribution >= 0.6 is 15.8 Å². The Morgan fingerprint density at radius 3 is 1.17 bits per heavy atom. The van der Waals surface area contributed by atoms with Gasteiger partial charge in [0.25, 0.3) is 0 Å². The molecule has 0 unspecified atom stereocenters. The quantitative estimate of drug-likeness (QED) is 0.0909. The van der Waals surface area contributed by atoms with Crippen LogP contribution in [0.3, 0.4) is 0 Å². The van der Waals surface area contributed by atoms with Gasteiger partial charge in [-0.2, -0.15) is 0 Å². The number of rotatable bonds is 5. The predicted octanol–water partition coefficient (Wildman–Crippen LogP) is 8.91. The van der Waals surface area contributed by atoms with Gasteiger partial charge in [-0.3, -0.25) is 0 Å². The third-order valence-electron chi connectivity index (χ3n) is 5.99. The van der Waals surface area contributed by atoms with E-state index in [1.54, 1.807) is 0 Å². The van der Waals surface area contributed by atoms with Crippen LogP contribution in [0, 0.1) is 36.5 Å². The summed E-state index contributed by atoms with van der Waals surface area (Å²) in [5, 5.41) is 10.8. The van der Waals surface area contributed by atoms with E-state index in [1.165, 1.54) is 0 Å². The summed E-state index contributed by atoms with van der Waals surface area (Å²) >= 11 is 0. The molecule has 0 saturated heterocycles. The molecule has 210 valence electrons. The maximum absolute atomic E-state index is 15.1. The minimum absolute atomic E-state index is 0. The van der Waals surface area contributed by atoms with Gasteiger partial charge >= 0.3 is 0 Å². The summed E-state index contributed by atoms with van der Waals surface area (Å²) in [7, 11) is -2.71. The van der Waals surface area contributed by atoms with E-state index in [9.17, 15) is 18.3 Å². The number of hydrogen-bond acceptors (Lipinski definition) is 1. The molecule has 0 heterocycles. The van der Waals surface area contributed by atoms with Crippen molar-refractivity contribution in [3.05, 3.63) is 42.1 Å². The van der Waals surface area contributed by atoms with Crippen molar-refractivity contribution in [3.63, 3.8) is 0 Å². The first-order valence-electron chi connectivity index (χ1n) is 11.2. The Morgan fingerprint density at radius 2 is 0.914 bits per heavy atom. The van der Waals surface area contributed by atoms with Gasteiger partial charge in [0.1, 0.15) is 5.60 Å². The number of aliphatic hydroxyl groups is 1. The molecule has 1 aromatic carbocycles. The standard InChI is InChI=1S/C25H41F5OP2.CH3.Ni/c1-21(2,3)32(22(4,5)6)13-25(31,14-33(23(7,8)9)24(10,11)12)15-16(26)18(28)20(30)19(29)17(15)27;;/h31H,13-14H2,1-12H3;1H3;/q;-1;/p+1. The van der Waals surface area contributed by atoms with Crippen LogP contribution in [0.4, 0.5) is 22.0 Å². The fourth-order valence-corrected chi connectivity index (χ4v) is 13.1. The Kier molecular flexibility index (Phi) is 12.7. The van der Waals surface area contributed by atoms with Gasteiger partial charge < -0.3 is 12.5 Å². The summed E-state index contributed by atoms with van der Waals surface area (Å²) < 4.78 is 72.7. The first-order chi connectivity index (χ1) is 14.4. The molecule has 0 aliphatic rings. The van der Waals surface area contributed by atoms with E-state index in [2.05, 4.69) is 0 Å². The molecule has 0 saturated carbocycles. The van der Waals surface area contributed by atoms with Crippen molar-refractivity contribution in [2.75, 3.05) is 12.3 Å². The smallest absolute Gasteiger partial charge is 0.200 e. The molecule has 1 aromatic rings. The van der Waals surface area contributed by atoms with Crippen LogP contribution in [0.2, 0.25) is 0 Å². The van der Waals surface area contributed by atoms with Gasteiger partial charge in [0.15, 0.2) is 23.3 Å². The van der Waals surface area contributed by atoms with Crippen LogP contribution in [0.1, 0.15) is 88.6 Å². The Labute approximate surface area is 222 Å². The van der Waals surface area contributed by atoms with Gasteiger partial charge in [-0.05, 0) is 51.9 Å². The molecule has 0 spiro atoms. The second-order valence-corrected chi connectivity index (χ2v) is 21.2. The van der Waals surface area contributed by atoms with Crippen LogP contribution in [-0.4, -0.2) is 38.1 Å². The van der Waals surface area contributed by atoms with E-state index < -0.39 is 56.1 Å². The molecule has 9 heteroatoms. The monoisotopic (exact) mass is 588 g/mol. The summed E-state index contributed by atoms with van der Waals surface area (Å²) in [5.41, 5.74) is -3.29. The molecule has 0 amide bonds. The van der Waals surface area contributed by atoms with E-state index >= 15 is 8.78 Å². The molecule has 0 bridgehead atoms. The Morgan fingerprint density at radius 1 is 0.629 bits per heavy atom. The maximum Gasteiger partial charge on any atom is 0.200 e. The third-order valence-corrected chi connectivity index (χ3v) is 14.6. The Hall–Kier alpha value is 0.184. The van der Waals surface area contributed by atoms with Gasteiger partial charge in [-0.15, -0.1) is 0 Å². The summed E-state index contributed by atoms with van der Waals surface area (Å²) in [5.74, 6) is -10.1. The van der Waals surface area contributed by atoms with Gasteiger partial charge in [0.05, 0.1) is 22.0 Å². The first kappa shape index (κ1) is 37.3. The van der Waals surface area contributed by atoms with Crippen LogP contribution in [0.5, 0.6) is 0 Å². The molecule has 0 radical (unpaired) electrons. The Balaban J connectivity index is 0. The molecule has 35 heavy (non-hydrogen) atoms. The van der Waals surface area contributed by atoms with Crippen LogP contribution in [0.15, 0.2) is 0 Å². The zero-order valence-electron chi connectivity index (χ0n) is 23.5. The van der Waals surface area contributed by atoms with Crippen molar-refractivity contribution in [3.8, 4) is 0 Å². The van der Waals surface area contributed by atoms with Crippen LogP contribution in [-0.2, 0) is 22.1 Å². The van der Waals surface area contributed by atoms with Crippen LogP contribution in [0.25, 0.3) is 0 Å². The van der Waals surface area contributed by atoms with Crippen molar-refractivity contribution in [1.82, 2.24) is 0 Å². The topological polar surface area (TPSA) is 20.2 Å². The number of halogens is 5. The van der Waals surface area contributed by atoms with Crippen molar-refractivity contribution >= 4 is 15.8 Å². The fourth-order valence-electron chi connectivity index (χ4n) is 4.93.